The number of rotatable bonds is 6. The average Bonchev–Trinajstić information content (AvgIpc) is 3.21. The highest BCUT2D eigenvalue weighted by molar-refractivity contribution is 7.12. The van der Waals surface area contributed by atoms with Crippen molar-refractivity contribution < 1.29 is 9.59 Å². The molecular formula is C18H15ClN4O2S. The molecule has 3 aromatic rings. The van der Waals surface area contributed by atoms with E-state index in [0.717, 1.165) is 5.52 Å². The summed E-state index contributed by atoms with van der Waals surface area (Å²) in [6, 6.07) is 6.99. The molecule has 0 aliphatic heterocycles. The quantitative estimate of drug-likeness (QED) is 0.489. The average molecular weight is 387 g/mol. The second-order valence-electron chi connectivity index (χ2n) is 5.29. The van der Waals surface area contributed by atoms with Crippen molar-refractivity contribution in [3.8, 4) is 0 Å². The molecule has 8 heteroatoms. The van der Waals surface area contributed by atoms with Crippen molar-refractivity contribution in [2.75, 3.05) is 10.6 Å². The van der Waals surface area contributed by atoms with Gasteiger partial charge in [0.05, 0.1) is 26.6 Å². The summed E-state index contributed by atoms with van der Waals surface area (Å²) in [5, 5.41) is 7.63. The molecule has 0 saturated carbocycles. The first-order valence-corrected chi connectivity index (χ1v) is 8.88. The van der Waals surface area contributed by atoms with E-state index in [4.69, 9.17) is 11.6 Å². The molecule has 0 saturated heterocycles. The van der Waals surface area contributed by atoms with Gasteiger partial charge in [-0.1, -0.05) is 30.3 Å². The van der Waals surface area contributed by atoms with E-state index in [1.807, 2.05) is 6.07 Å². The lowest BCUT2D eigenvalue weighted by atomic mass is 10.3. The van der Waals surface area contributed by atoms with Crippen molar-refractivity contribution in [3.05, 3.63) is 64.9 Å². The van der Waals surface area contributed by atoms with E-state index in [1.165, 1.54) is 17.4 Å². The molecule has 3 rings (SSSR count). The molecule has 0 aliphatic carbocycles. The fourth-order valence-corrected chi connectivity index (χ4v) is 3.43. The number of amides is 2. The number of allylic oxidation sites excluding steroid dienone is 1. The number of hydrogen-bond acceptors (Lipinski definition) is 4. The predicted molar refractivity (Wildman–Crippen MR) is 106 cm³/mol. The van der Waals surface area contributed by atoms with Crippen LogP contribution in [0.1, 0.15) is 9.67 Å². The summed E-state index contributed by atoms with van der Waals surface area (Å²) in [7, 11) is 0. The van der Waals surface area contributed by atoms with Gasteiger partial charge in [0.25, 0.3) is 5.91 Å². The van der Waals surface area contributed by atoms with Crippen LogP contribution in [-0.4, -0.2) is 21.4 Å². The predicted octanol–water partition coefficient (Wildman–Crippen LogP) is 4.31. The van der Waals surface area contributed by atoms with Gasteiger partial charge in [-0.15, -0.1) is 17.9 Å². The molecule has 0 unspecified atom stereocenters. The number of benzene rings is 1. The van der Waals surface area contributed by atoms with Crippen molar-refractivity contribution in [3.63, 3.8) is 0 Å². The molecule has 6 nitrogen and oxygen atoms in total. The fourth-order valence-electron chi connectivity index (χ4n) is 2.42. The zero-order valence-corrected chi connectivity index (χ0v) is 15.2. The summed E-state index contributed by atoms with van der Waals surface area (Å²) in [6.07, 6.45) is 2.87. The van der Waals surface area contributed by atoms with Crippen LogP contribution in [0.4, 0.5) is 11.6 Å². The van der Waals surface area contributed by atoms with Crippen molar-refractivity contribution in [1.29, 1.82) is 0 Å². The van der Waals surface area contributed by atoms with Crippen LogP contribution in [-0.2, 0) is 11.3 Å². The number of carbonyl (C=O) groups is 2. The van der Waals surface area contributed by atoms with Crippen LogP contribution in [0.15, 0.2) is 55.0 Å². The van der Waals surface area contributed by atoms with Gasteiger partial charge >= 0.3 is 0 Å². The number of imidazole rings is 1. The second kappa shape index (κ2) is 7.55. The van der Waals surface area contributed by atoms with Crippen LogP contribution in [0.25, 0.3) is 11.0 Å². The molecule has 0 radical (unpaired) electrons. The van der Waals surface area contributed by atoms with Gasteiger partial charge in [-0.3, -0.25) is 14.9 Å². The Morgan fingerprint density at radius 3 is 2.85 bits per heavy atom. The molecule has 2 aromatic heterocycles. The number of para-hydroxylation sites is 1. The Balaban J connectivity index is 1.88. The molecule has 132 valence electrons. The van der Waals surface area contributed by atoms with Crippen LogP contribution >= 0.6 is 22.9 Å². The highest BCUT2D eigenvalue weighted by Gasteiger charge is 2.17. The van der Waals surface area contributed by atoms with E-state index < -0.39 is 0 Å². The second-order valence-corrected chi connectivity index (χ2v) is 6.61. The molecule has 2 heterocycles. The third-order valence-electron chi connectivity index (χ3n) is 3.53. The minimum atomic E-state index is -0.336. The number of thiophene rings is 1. The van der Waals surface area contributed by atoms with Crippen LogP contribution < -0.4 is 10.6 Å². The van der Waals surface area contributed by atoms with Gasteiger partial charge in [0.15, 0.2) is 0 Å². The minimum Gasteiger partial charge on any atom is -0.322 e. The zero-order chi connectivity index (χ0) is 18.7. The van der Waals surface area contributed by atoms with Gasteiger partial charge in [-0.2, -0.15) is 0 Å². The standard InChI is InChI=1S/C18H15ClN4O2S/c1-3-8-23-16-12(19)6-5-7-13(16)21-18(23)22-17(25)14-9-11(10-26-14)20-15(24)4-2/h3-7,9-10H,1-2,8H2,(H,20,24)(H,21,22,25). The first-order valence-electron chi connectivity index (χ1n) is 7.62. The summed E-state index contributed by atoms with van der Waals surface area (Å²) < 4.78 is 1.79. The Hall–Kier alpha value is -2.90. The normalized spacial score (nSPS) is 10.5. The van der Waals surface area contributed by atoms with E-state index in [1.54, 1.807) is 34.2 Å². The summed E-state index contributed by atoms with van der Waals surface area (Å²) in [5.41, 5.74) is 1.95. The molecule has 0 aliphatic rings. The molecule has 1 aromatic carbocycles. The molecular weight excluding hydrogens is 372 g/mol. The molecule has 0 fully saturated rings. The van der Waals surface area contributed by atoms with E-state index in [0.29, 0.717) is 33.6 Å². The van der Waals surface area contributed by atoms with Gasteiger partial charge in [-0.25, -0.2) is 4.98 Å². The summed E-state index contributed by atoms with van der Waals surface area (Å²) in [4.78, 5) is 28.8. The van der Waals surface area contributed by atoms with Crippen molar-refractivity contribution in [1.82, 2.24) is 9.55 Å². The van der Waals surface area contributed by atoms with E-state index >= 15 is 0 Å². The smallest absolute Gasteiger partial charge is 0.268 e. The Morgan fingerprint density at radius 2 is 2.12 bits per heavy atom. The van der Waals surface area contributed by atoms with Crippen molar-refractivity contribution >= 4 is 57.4 Å². The lowest BCUT2D eigenvalue weighted by molar-refractivity contribution is -0.111. The summed E-state index contributed by atoms with van der Waals surface area (Å²) in [6.45, 7) is 7.58. The summed E-state index contributed by atoms with van der Waals surface area (Å²) >= 11 is 7.49. The Kier molecular flexibility index (Phi) is 5.20. The number of nitrogens with one attached hydrogen (secondary N) is 2. The molecule has 26 heavy (non-hydrogen) atoms. The maximum Gasteiger partial charge on any atom is 0.268 e. The Labute approximate surface area is 158 Å². The topological polar surface area (TPSA) is 76.0 Å². The summed E-state index contributed by atoms with van der Waals surface area (Å²) in [5.74, 6) is -0.286. The number of fused-ring (bicyclic) bond motifs is 1. The number of carbonyl (C=O) groups excluding carboxylic acids is 2. The molecule has 2 N–H and O–H groups in total. The van der Waals surface area contributed by atoms with E-state index in [9.17, 15) is 9.59 Å². The van der Waals surface area contributed by atoms with Gasteiger partial charge in [0, 0.05) is 11.9 Å². The third kappa shape index (κ3) is 3.54. The highest BCUT2D eigenvalue weighted by Crippen LogP contribution is 2.28. The number of aromatic nitrogens is 2. The Bertz CT molecular complexity index is 1020. The maximum absolute atomic E-state index is 12.6. The van der Waals surface area contributed by atoms with Crippen LogP contribution in [0.2, 0.25) is 5.02 Å². The van der Waals surface area contributed by atoms with E-state index in [2.05, 4.69) is 28.8 Å². The largest absolute Gasteiger partial charge is 0.322 e. The number of nitrogens with zero attached hydrogens (tertiary/aromatic N) is 2. The number of hydrogen-bond donors (Lipinski definition) is 2. The maximum atomic E-state index is 12.6. The fraction of sp³-hybridized carbons (Fsp3) is 0.0556. The Morgan fingerprint density at radius 1 is 1.31 bits per heavy atom. The van der Waals surface area contributed by atoms with Crippen LogP contribution in [0, 0.1) is 0 Å². The van der Waals surface area contributed by atoms with Gasteiger partial charge in [0.2, 0.25) is 11.9 Å². The van der Waals surface area contributed by atoms with Crippen LogP contribution in [0.3, 0.4) is 0 Å². The van der Waals surface area contributed by atoms with Gasteiger partial charge in [-0.05, 0) is 24.3 Å². The van der Waals surface area contributed by atoms with Crippen LogP contribution in [0.5, 0.6) is 0 Å². The lowest BCUT2D eigenvalue weighted by Gasteiger charge is -2.07. The number of anilines is 2. The molecule has 0 spiro atoms. The monoisotopic (exact) mass is 386 g/mol. The lowest BCUT2D eigenvalue weighted by Crippen LogP contribution is -2.15. The van der Waals surface area contributed by atoms with Crippen molar-refractivity contribution in [2.45, 2.75) is 6.54 Å². The first kappa shape index (κ1) is 17.9. The van der Waals surface area contributed by atoms with Gasteiger partial charge < -0.3 is 9.88 Å². The van der Waals surface area contributed by atoms with Gasteiger partial charge in [0.1, 0.15) is 0 Å². The first-order chi connectivity index (χ1) is 12.5. The SMILES string of the molecule is C=CCn1c(NC(=O)c2cc(NC(=O)C=C)cs2)nc2cccc(Cl)c21. The van der Waals surface area contributed by atoms with E-state index in [-0.39, 0.29) is 11.8 Å². The highest BCUT2D eigenvalue weighted by atomic mass is 35.5. The minimum absolute atomic E-state index is 0.328. The molecule has 0 bridgehead atoms. The molecule has 0 atom stereocenters. The van der Waals surface area contributed by atoms with Crippen molar-refractivity contribution in [2.24, 2.45) is 0 Å². The molecule has 2 amide bonds. The zero-order valence-electron chi connectivity index (χ0n) is 13.7. The third-order valence-corrected chi connectivity index (χ3v) is 4.76. The number of halogens is 1.